The average Bonchev–Trinajstić information content (AvgIpc) is 2.81. The van der Waals surface area contributed by atoms with Gasteiger partial charge in [-0.2, -0.15) is 0 Å². The number of hydrogen-bond acceptors (Lipinski definition) is 4. The Kier molecular flexibility index (Phi) is 4.11. The molecule has 7 heteroatoms. The molecule has 1 unspecified atom stereocenters. The fourth-order valence-corrected chi connectivity index (χ4v) is 3.64. The fourth-order valence-electron chi connectivity index (χ4n) is 1.85. The van der Waals surface area contributed by atoms with Crippen molar-refractivity contribution in [2.24, 2.45) is 0 Å². The molecular formula is C11H15ClN2O3S. The number of nitrogens with one attached hydrogen (secondary N) is 2. The van der Waals surface area contributed by atoms with Gasteiger partial charge in [0.25, 0.3) is 0 Å². The smallest absolute Gasteiger partial charge is 0.242 e. The number of halogens is 1. The maximum absolute atomic E-state index is 12.2. The van der Waals surface area contributed by atoms with E-state index in [0.717, 1.165) is 13.0 Å². The summed E-state index contributed by atoms with van der Waals surface area (Å²) < 4.78 is 32.0. The minimum atomic E-state index is -3.61. The van der Waals surface area contributed by atoms with Gasteiger partial charge in [-0.05, 0) is 25.1 Å². The molecule has 18 heavy (non-hydrogen) atoms. The van der Waals surface area contributed by atoms with Crippen LogP contribution in [0.5, 0.6) is 5.75 Å². The third-order valence-corrected chi connectivity index (χ3v) is 4.81. The summed E-state index contributed by atoms with van der Waals surface area (Å²) in [5.41, 5.74) is 0. The van der Waals surface area contributed by atoms with Crippen LogP contribution in [0.1, 0.15) is 6.42 Å². The Morgan fingerprint density at radius 3 is 2.89 bits per heavy atom. The molecule has 1 aromatic carbocycles. The highest BCUT2D eigenvalue weighted by Gasteiger charge is 2.24. The van der Waals surface area contributed by atoms with Gasteiger partial charge < -0.3 is 10.1 Å². The number of rotatable bonds is 4. The summed E-state index contributed by atoms with van der Waals surface area (Å²) in [5.74, 6) is 0.462. The molecule has 1 aromatic rings. The molecule has 1 fully saturated rings. The Morgan fingerprint density at radius 2 is 2.28 bits per heavy atom. The SMILES string of the molecule is COc1ccc(Cl)c(S(=O)(=O)NC2CCNC2)c1. The molecule has 0 radical (unpaired) electrons. The molecule has 1 aliphatic rings. The largest absolute Gasteiger partial charge is 0.497 e. The van der Waals surface area contributed by atoms with Gasteiger partial charge in [-0.3, -0.25) is 0 Å². The first-order valence-electron chi connectivity index (χ1n) is 5.59. The van der Waals surface area contributed by atoms with Gasteiger partial charge in [0.15, 0.2) is 0 Å². The number of benzene rings is 1. The van der Waals surface area contributed by atoms with Crippen LogP contribution in [0, 0.1) is 0 Å². The van der Waals surface area contributed by atoms with E-state index in [-0.39, 0.29) is 16.0 Å². The Morgan fingerprint density at radius 1 is 1.50 bits per heavy atom. The summed E-state index contributed by atoms with van der Waals surface area (Å²) >= 11 is 5.93. The van der Waals surface area contributed by atoms with Crippen molar-refractivity contribution in [1.29, 1.82) is 0 Å². The lowest BCUT2D eigenvalue weighted by molar-refractivity contribution is 0.413. The highest BCUT2D eigenvalue weighted by Crippen LogP contribution is 2.26. The second kappa shape index (κ2) is 5.44. The van der Waals surface area contributed by atoms with Gasteiger partial charge in [0, 0.05) is 18.7 Å². The van der Waals surface area contributed by atoms with E-state index < -0.39 is 10.0 Å². The van der Waals surface area contributed by atoms with Gasteiger partial charge >= 0.3 is 0 Å². The topological polar surface area (TPSA) is 67.4 Å². The third kappa shape index (κ3) is 2.95. The van der Waals surface area contributed by atoms with E-state index in [9.17, 15) is 8.42 Å². The highest BCUT2D eigenvalue weighted by molar-refractivity contribution is 7.89. The average molecular weight is 291 g/mol. The van der Waals surface area contributed by atoms with Crippen LogP contribution in [-0.4, -0.2) is 34.7 Å². The first-order valence-corrected chi connectivity index (χ1v) is 7.45. The van der Waals surface area contributed by atoms with Crippen molar-refractivity contribution in [2.75, 3.05) is 20.2 Å². The van der Waals surface area contributed by atoms with Gasteiger partial charge in [-0.1, -0.05) is 11.6 Å². The van der Waals surface area contributed by atoms with Gasteiger partial charge in [0.1, 0.15) is 10.6 Å². The molecule has 0 aliphatic carbocycles. The Labute approximate surface area is 112 Å². The molecule has 0 saturated carbocycles. The molecule has 0 bridgehead atoms. The summed E-state index contributed by atoms with van der Waals surface area (Å²) in [7, 11) is -2.13. The summed E-state index contributed by atoms with van der Waals surface area (Å²) in [6.07, 6.45) is 0.779. The van der Waals surface area contributed by atoms with E-state index in [1.165, 1.54) is 19.2 Å². The van der Waals surface area contributed by atoms with E-state index >= 15 is 0 Å². The molecule has 0 amide bonds. The van der Waals surface area contributed by atoms with Crippen LogP contribution in [0.3, 0.4) is 0 Å². The molecule has 5 nitrogen and oxygen atoms in total. The third-order valence-electron chi connectivity index (χ3n) is 2.81. The fraction of sp³-hybridized carbons (Fsp3) is 0.455. The second-order valence-electron chi connectivity index (χ2n) is 4.11. The first kappa shape index (κ1) is 13.6. The quantitative estimate of drug-likeness (QED) is 0.868. The molecule has 2 N–H and O–H groups in total. The standard InChI is InChI=1S/C11H15ClN2O3S/c1-17-9-2-3-10(12)11(6-9)18(15,16)14-8-4-5-13-7-8/h2-3,6,8,13-14H,4-5,7H2,1H3. The van der Waals surface area contributed by atoms with Crippen molar-refractivity contribution < 1.29 is 13.2 Å². The molecule has 1 heterocycles. The van der Waals surface area contributed by atoms with Crippen LogP contribution < -0.4 is 14.8 Å². The maximum atomic E-state index is 12.2. The highest BCUT2D eigenvalue weighted by atomic mass is 35.5. The zero-order valence-corrected chi connectivity index (χ0v) is 11.5. The molecule has 0 aromatic heterocycles. The lowest BCUT2D eigenvalue weighted by atomic mass is 10.3. The van der Waals surface area contributed by atoms with Crippen molar-refractivity contribution in [2.45, 2.75) is 17.4 Å². The summed E-state index contributed by atoms with van der Waals surface area (Å²) in [5, 5.41) is 3.29. The van der Waals surface area contributed by atoms with Crippen molar-refractivity contribution >= 4 is 21.6 Å². The van der Waals surface area contributed by atoms with Crippen molar-refractivity contribution in [3.8, 4) is 5.75 Å². The van der Waals surface area contributed by atoms with Crippen molar-refractivity contribution in [3.05, 3.63) is 23.2 Å². The number of methoxy groups -OCH3 is 1. The number of hydrogen-bond donors (Lipinski definition) is 2. The molecular weight excluding hydrogens is 276 g/mol. The summed E-state index contributed by atoms with van der Waals surface area (Å²) in [6.45, 7) is 1.46. The van der Waals surface area contributed by atoms with Gasteiger partial charge in [0.2, 0.25) is 10.0 Å². The normalized spacial score (nSPS) is 20.0. The molecule has 1 saturated heterocycles. The predicted octanol–water partition coefficient (Wildman–Crippen LogP) is 0.989. The van der Waals surface area contributed by atoms with E-state index in [2.05, 4.69) is 10.0 Å². The second-order valence-corrected chi connectivity index (χ2v) is 6.20. The van der Waals surface area contributed by atoms with Gasteiger partial charge in [0.05, 0.1) is 12.1 Å². The zero-order valence-electron chi connectivity index (χ0n) is 9.94. The minimum absolute atomic E-state index is 0.0513. The predicted molar refractivity (Wildman–Crippen MR) is 69.6 cm³/mol. The van der Waals surface area contributed by atoms with E-state index in [1.807, 2.05) is 0 Å². The van der Waals surface area contributed by atoms with Crippen LogP contribution in [0.2, 0.25) is 5.02 Å². The van der Waals surface area contributed by atoms with Gasteiger partial charge in [-0.25, -0.2) is 13.1 Å². The van der Waals surface area contributed by atoms with Crippen LogP contribution in [0.15, 0.2) is 23.1 Å². The molecule has 100 valence electrons. The van der Waals surface area contributed by atoms with Crippen molar-refractivity contribution in [1.82, 2.24) is 10.0 Å². The lowest BCUT2D eigenvalue weighted by Crippen LogP contribution is -2.36. The monoisotopic (exact) mass is 290 g/mol. The first-order chi connectivity index (χ1) is 8.53. The van der Waals surface area contributed by atoms with Crippen LogP contribution in [0.25, 0.3) is 0 Å². The van der Waals surface area contributed by atoms with E-state index in [0.29, 0.717) is 12.3 Å². The molecule has 1 aliphatic heterocycles. The van der Waals surface area contributed by atoms with E-state index in [4.69, 9.17) is 16.3 Å². The minimum Gasteiger partial charge on any atom is -0.497 e. The van der Waals surface area contributed by atoms with Crippen molar-refractivity contribution in [3.63, 3.8) is 0 Å². The molecule has 2 rings (SSSR count). The summed E-state index contributed by atoms with van der Waals surface area (Å²) in [6, 6.07) is 4.48. The van der Waals surface area contributed by atoms with E-state index in [1.54, 1.807) is 6.07 Å². The van der Waals surface area contributed by atoms with Crippen LogP contribution in [0.4, 0.5) is 0 Å². The molecule has 1 atom stereocenters. The Balaban J connectivity index is 2.27. The number of sulfonamides is 1. The Bertz CT molecular complexity index is 527. The number of ether oxygens (including phenoxy) is 1. The Hall–Kier alpha value is -0.820. The lowest BCUT2D eigenvalue weighted by Gasteiger charge is -2.13. The molecule has 0 spiro atoms. The van der Waals surface area contributed by atoms with Crippen LogP contribution in [-0.2, 0) is 10.0 Å². The zero-order chi connectivity index (χ0) is 13.2. The summed E-state index contributed by atoms with van der Waals surface area (Å²) in [4.78, 5) is 0.0513. The van der Waals surface area contributed by atoms with Crippen LogP contribution >= 0.6 is 11.6 Å². The van der Waals surface area contributed by atoms with Gasteiger partial charge in [-0.15, -0.1) is 0 Å². The maximum Gasteiger partial charge on any atom is 0.242 e.